The largest absolute Gasteiger partial charge is 0.468 e. The molecule has 5 heteroatoms. The zero-order valence-electron chi connectivity index (χ0n) is 12.7. The fraction of sp³-hybridized carbons (Fsp3) is 0.562. The van der Waals surface area contributed by atoms with Gasteiger partial charge in [-0.3, -0.25) is 10.1 Å². The van der Waals surface area contributed by atoms with Crippen molar-refractivity contribution in [2.24, 2.45) is 5.92 Å². The lowest BCUT2D eigenvalue weighted by Gasteiger charge is -2.34. The van der Waals surface area contributed by atoms with Gasteiger partial charge in [-0.2, -0.15) is 0 Å². The van der Waals surface area contributed by atoms with Crippen LogP contribution in [-0.4, -0.2) is 30.4 Å². The number of esters is 1. The van der Waals surface area contributed by atoms with Gasteiger partial charge in [0.15, 0.2) is 0 Å². The molecule has 1 atom stereocenters. The topological polar surface area (TPSA) is 38.3 Å². The predicted molar refractivity (Wildman–Crippen MR) is 82.9 cm³/mol. The van der Waals surface area contributed by atoms with E-state index in [4.69, 9.17) is 4.74 Å². The molecule has 0 spiro atoms. The van der Waals surface area contributed by atoms with Gasteiger partial charge in [0.05, 0.1) is 7.11 Å². The van der Waals surface area contributed by atoms with Crippen LogP contribution in [0.4, 0.5) is 4.39 Å². The Bertz CT molecular complexity index is 505. The maximum atomic E-state index is 13.8. The summed E-state index contributed by atoms with van der Waals surface area (Å²) >= 11 is 1.37. The van der Waals surface area contributed by atoms with Gasteiger partial charge in [-0.15, -0.1) is 11.8 Å². The molecule has 0 saturated heterocycles. The number of benzene rings is 1. The van der Waals surface area contributed by atoms with Crippen molar-refractivity contribution in [3.05, 3.63) is 30.1 Å². The normalized spacial score (nSPS) is 17.6. The second-order valence-corrected chi connectivity index (χ2v) is 6.77. The molecule has 3 nitrogen and oxygen atoms in total. The first-order valence-corrected chi connectivity index (χ1v) is 8.21. The summed E-state index contributed by atoms with van der Waals surface area (Å²) in [6, 6.07) is 6.81. The summed E-state index contributed by atoms with van der Waals surface area (Å²) in [6.45, 7) is 4.02. The number of carbonyl (C=O) groups is 1. The SMILES string of the molecule is COC(=O)C(CSc1ccccc1F)(NC(C)C)C1CC1. The van der Waals surface area contributed by atoms with Gasteiger partial charge in [0.1, 0.15) is 11.4 Å². The molecular formula is C16H22FNO2S. The van der Waals surface area contributed by atoms with Gasteiger partial charge in [0.2, 0.25) is 0 Å². The van der Waals surface area contributed by atoms with Gasteiger partial charge < -0.3 is 4.74 Å². The molecule has 0 aromatic heterocycles. The van der Waals surface area contributed by atoms with Crippen molar-refractivity contribution in [1.82, 2.24) is 5.32 Å². The van der Waals surface area contributed by atoms with Crippen molar-refractivity contribution in [2.75, 3.05) is 12.9 Å². The van der Waals surface area contributed by atoms with E-state index >= 15 is 0 Å². The van der Waals surface area contributed by atoms with Crippen LogP contribution in [0.1, 0.15) is 26.7 Å². The minimum atomic E-state index is -0.726. The van der Waals surface area contributed by atoms with Gasteiger partial charge >= 0.3 is 5.97 Å². The lowest BCUT2D eigenvalue weighted by molar-refractivity contribution is -0.148. The summed E-state index contributed by atoms with van der Waals surface area (Å²) in [5.41, 5.74) is -0.726. The fourth-order valence-electron chi connectivity index (χ4n) is 2.59. The van der Waals surface area contributed by atoms with E-state index in [9.17, 15) is 9.18 Å². The van der Waals surface area contributed by atoms with E-state index in [0.29, 0.717) is 10.6 Å². The second kappa shape index (κ2) is 6.79. The van der Waals surface area contributed by atoms with E-state index in [1.54, 1.807) is 18.2 Å². The lowest BCUT2D eigenvalue weighted by Crippen LogP contribution is -2.59. The first-order chi connectivity index (χ1) is 9.99. The van der Waals surface area contributed by atoms with E-state index in [2.05, 4.69) is 5.32 Å². The highest BCUT2D eigenvalue weighted by Gasteiger charge is 2.52. The minimum absolute atomic E-state index is 0.158. The van der Waals surface area contributed by atoms with Crippen LogP contribution in [0.25, 0.3) is 0 Å². The molecule has 1 unspecified atom stereocenters. The molecule has 0 heterocycles. The van der Waals surface area contributed by atoms with Crippen LogP contribution in [0.2, 0.25) is 0 Å². The molecule has 1 aromatic carbocycles. The number of nitrogens with one attached hydrogen (secondary N) is 1. The van der Waals surface area contributed by atoms with Gasteiger partial charge in [-0.25, -0.2) is 4.39 Å². The highest BCUT2D eigenvalue weighted by molar-refractivity contribution is 7.99. The highest BCUT2D eigenvalue weighted by atomic mass is 32.2. The Hall–Kier alpha value is -1.07. The Morgan fingerprint density at radius 2 is 2.14 bits per heavy atom. The Kier molecular flexibility index (Phi) is 5.27. The minimum Gasteiger partial charge on any atom is -0.468 e. The number of hydrogen-bond donors (Lipinski definition) is 1. The molecule has 1 fully saturated rings. The zero-order chi connectivity index (χ0) is 15.5. The van der Waals surface area contributed by atoms with E-state index in [-0.39, 0.29) is 23.7 Å². The quantitative estimate of drug-likeness (QED) is 0.620. The molecule has 116 valence electrons. The summed E-state index contributed by atoms with van der Waals surface area (Å²) in [6.07, 6.45) is 2.01. The van der Waals surface area contributed by atoms with Crippen LogP contribution in [0.5, 0.6) is 0 Å². The smallest absolute Gasteiger partial charge is 0.327 e. The van der Waals surface area contributed by atoms with E-state index in [1.165, 1.54) is 24.9 Å². The first kappa shape index (κ1) is 16.3. The number of carbonyl (C=O) groups excluding carboxylic acids is 1. The number of halogens is 1. The van der Waals surface area contributed by atoms with Gasteiger partial charge in [-0.05, 0) is 44.7 Å². The van der Waals surface area contributed by atoms with Gasteiger partial charge in [-0.1, -0.05) is 12.1 Å². The molecule has 0 aliphatic heterocycles. The second-order valence-electron chi connectivity index (χ2n) is 5.76. The molecule has 0 amide bonds. The van der Waals surface area contributed by atoms with Crippen LogP contribution >= 0.6 is 11.8 Å². The van der Waals surface area contributed by atoms with E-state index in [0.717, 1.165) is 12.8 Å². The van der Waals surface area contributed by atoms with Crippen LogP contribution in [0.15, 0.2) is 29.2 Å². The molecule has 1 aromatic rings. The van der Waals surface area contributed by atoms with Crippen molar-refractivity contribution < 1.29 is 13.9 Å². The average Bonchev–Trinajstić information content (AvgIpc) is 3.28. The number of thioether (sulfide) groups is 1. The molecular weight excluding hydrogens is 289 g/mol. The Labute approximate surface area is 129 Å². The highest BCUT2D eigenvalue weighted by Crippen LogP contribution is 2.43. The number of hydrogen-bond acceptors (Lipinski definition) is 4. The molecule has 21 heavy (non-hydrogen) atoms. The summed E-state index contributed by atoms with van der Waals surface area (Å²) in [5.74, 6) is 0.250. The molecule has 0 radical (unpaired) electrons. The molecule has 2 rings (SSSR count). The van der Waals surface area contributed by atoms with Crippen LogP contribution < -0.4 is 5.32 Å². The molecule has 1 aliphatic carbocycles. The van der Waals surface area contributed by atoms with Crippen molar-refractivity contribution in [3.8, 4) is 0 Å². The third-order valence-electron chi connectivity index (χ3n) is 3.66. The average molecular weight is 311 g/mol. The maximum Gasteiger partial charge on any atom is 0.327 e. The van der Waals surface area contributed by atoms with Crippen molar-refractivity contribution in [1.29, 1.82) is 0 Å². The van der Waals surface area contributed by atoms with Crippen LogP contribution in [0, 0.1) is 11.7 Å². The van der Waals surface area contributed by atoms with Gasteiger partial charge in [0.25, 0.3) is 0 Å². The van der Waals surface area contributed by atoms with Crippen molar-refractivity contribution >= 4 is 17.7 Å². The number of ether oxygens (including phenoxy) is 1. The summed E-state index contributed by atoms with van der Waals surface area (Å²) in [5, 5.41) is 3.38. The number of methoxy groups -OCH3 is 1. The maximum absolute atomic E-state index is 13.8. The zero-order valence-corrected chi connectivity index (χ0v) is 13.5. The molecule has 1 aliphatic rings. The van der Waals surface area contributed by atoms with E-state index in [1.807, 2.05) is 13.8 Å². The lowest BCUT2D eigenvalue weighted by atomic mass is 9.94. The van der Waals surface area contributed by atoms with Crippen molar-refractivity contribution in [2.45, 2.75) is 43.2 Å². The standard InChI is InChI=1S/C16H22FNO2S/c1-11(2)18-16(12-8-9-12,15(19)20-3)10-21-14-7-5-4-6-13(14)17/h4-7,11-12,18H,8-10H2,1-3H3. The van der Waals surface area contributed by atoms with Crippen LogP contribution in [-0.2, 0) is 9.53 Å². The molecule has 1 N–H and O–H groups in total. The monoisotopic (exact) mass is 311 g/mol. The third kappa shape index (κ3) is 3.77. The van der Waals surface area contributed by atoms with Crippen molar-refractivity contribution in [3.63, 3.8) is 0 Å². The van der Waals surface area contributed by atoms with Gasteiger partial charge in [0, 0.05) is 16.7 Å². The summed E-state index contributed by atoms with van der Waals surface area (Å²) in [4.78, 5) is 12.9. The summed E-state index contributed by atoms with van der Waals surface area (Å²) < 4.78 is 18.8. The number of rotatable bonds is 7. The summed E-state index contributed by atoms with van der Waals surface area (Å²) in [7, 11) is 1.41. The third-order valence-corrected chi connectivity index (χ3v) is 4.90. The Morgan fingerprint density at radius 3 is 2.67 bits per heavy atom. The Morgan fingerprint density at radius 1 is 1.48 bits per heavy atom. The van der Waals surface area contributed by atoms with Crippen LogP contribution in [0.3, 0.4) is 0 Å². The fourth-order valence-corrected chi connectivity index (χ4v) is 3.79. The Balaban J connectivity index is 2.19. The molecule has 0 bridgehead atoms. The molecule has 1 saturated carbocycles. The first-order valence-electron chi connectivity index (χ1n) is 7.23. The van der Waals surface area contributed by atoms with E-state index < -0.39 is 5.54 Å². The predicted octanol–water partition coefficient (Wildman–Crippen LogP) is 3.24.